The second-order valence-corrected chi connectivity index (χ2v) is 6.35. The molecule has 128 valence electrons. The van der Waals surface area contributed by atoms with Gasteiger partial charge in [0.05, 0.1) is 23.9 Å². The van der Waals surface area contributed by atoms with E-state index in [1.807, 2.05) is 6.92 Å². The van der Waals surface area contributed by atoms with Crippen molar-refractivity contribution in [2.45, 2.75) is 26.8 Å². The number of aromatic nitrogens is 2. The van der Waals surface area contributed by atoms with Crippen molar-refractivity contribution in [1.29, 1.82) is 0 Å². The molecule has 0 fully saturated rings. The lowest BCUT2D eigenvalue weighted by molar-refractivity contribution is 0.0701. The smallest absolute Gasteiger partial charge is 0.347 e. The second kappa shape index (κ2) is 7.59. The van der Waals surface area contributed by atoms with Gasteiger partial charge in [-0.2, -0.15) is 0 Å². The molecule has 0 bridgehead atoms. The zero-order valence-corrected chi connectivity index (χ0v) is 14.9. The number of nitrogens with zero attached hydrogens (tertiary/aromatic N) is 2. The number of carboxylic acid groups (broad SMARTS) is 1. The van der Waals surface area contributed by atoms with Crippen LogP contribution in [0.25, 0.3) is 0 Å². The summed E-state index contributed by atoms with van der Waals surface area (Å²) in [5, 5.41) is 12.6. The molecular weight excluding hydrogens is 354 g/mol. The highest BCUT2D eigenvalue weighted by Crippen LogP contribution is 2.25. The standard InChI is InChI=1S/C15H16ClN3O4S/c1-4-23-13-10(16)5-9(6-17-13)12(20)18-8(3)14-19-7(2)11(24-14)15(21)22/h5-6,8H,4H2,1-3H3,(H,18,20)(H,21,22). The Balaban J connectivity index is 2.12. The van der Waals surface area contributed by atoms with E-state index in [1.54, 1.807) is 13.8 Å². The Bertz CT molecular complexity index is 778. The van der Waals surface area contributed by atoms with Crippen molar-refractivity contribution in [1.82, 2.24) is 15.3 Å². The van der Waals surface area contributed by atoms with Gasteiger partial charge in [0.2, 0.25) is 5.88 Å². The van der Waals surface area contributed by atoms with Crippen LogP contribution in [0.5, 0.6) is 5.88 Å². The number of nitrogens with one attached hydrogen (secondary N) is 1. The van der Waals surface area contributed by atoms with Crippen LogP contribution in [0.15, 0.2) is 12.3 Å². The van der Waals surface area contributed by atoms with Gasteiger partial charge >= 0.3 is 5.97 Å². The number of hydrogen-bond acceptors (Lipinski definition) is 6. The van der Waals surface area contributed by atoms with Crippen LogP contribution in [-0.4, -0.2) is 33.6 Å². The number of hydrogen-bond donors (Lipinski definition) is 2. The van der Waals surface area contributed by atoms with Crippen LogP contribution in [-0.2, 0) is 0 Å². The van der Waals surface area contributed by atoms with Gasteiger partial charge in [0.25, 0.3) is 5.91 Å². The van der Waals surface area contributed by atoms with Crippen molar-refractivity contribution in [2.24, 2.45) is 0 Å². The average Bonchev–Trinajstić information content (AvgIpc) is 2.91. The van der Waals surface area contributed by atoms with Crippen LogP contribution in [0.1, 0.15) is 50.6 Å². The average molecular weight is 370 g/mol. The molecular formula is C15H16ClN3O4S. The number of pyridine rings is 1. The Kier molecular flexibility index (Phi) is 5.74. The Morgan fingerprint density at radius 2 is 2.21 bits per heavy atom. The minimum atomic E-state index is -1.03. The topological polar surface area (TPSA) is 101 Å². The number of aromatic carboxylic acids is 1. The van der Waals surface area contributed by atoms with Gasteiger partial charge in [0.1, 0.15) is 14.9 Å². The molecule has 2 aromatic rings. The van der Waals surface area contributed by atoms with Gasteiger partial charge < -0.3 is 15.2 Å². The van der Waals surface area contributed by atoms with E-state index < -0.39 is 12.0 Å². The zero-order valence-electron chi connectivity index (χ0n) is 13.3. The molecule has 0 spiro atoms. The van der Waals surface area contributed by atoms with Gasteiger partial charge in [-0.15, -0.1) is 11.3 Å². The fraction of sp³-hybridized carbons (Fsp3) is 0.333. The number of carboxylic acids is 1. The van der Waals surface area contributed by atoms with E-state index in [4.69, 9.17) is 21.4 Å². The summed E-state index contributed by atoms with van der Waals surface area (Å²) in [6.45, 7) is 5.58. The van der Waals surface area contributed by atoms with Crippen LogP contribution in [0, 0.1) is 6.92 Å². The quantitative estimate of drug-likeness (QED) is 0.811. The van der Waals surface area contributed by atoms with E-state index in [0.717, 1.165) is 11.3 Å². The molecule has 0 aliphatic heterocycles. The third-order valence-corrected chi connectivity index (χ3v) is 4.67. The number of carbonyl (C=O) groups is 2. The molecule has 1 unspecified atom stereocenters. The molecule has 7 nitrogen and oxygen atoms in total. The van der Waals surface area contributed by atoms with E-state index in [9.17, 15) is 9.59 Å². The Hall–Kier alpha value is -2.19. The molecule has 9 heteroatoms. The molecule has 2 rings (SSSR count). The van der Waals surface area contributed by atoms with Crippen molar-refractivity contribution in [2.75, 3.05) is 6.61 Å². The normalized spacial score (nSPS) is 11.8. The summed E-state index contributed by atoms with van der Waals surface area (Å²) < 4.78 is 5.22. The Morgan fingerprint density at radius 3 is 2.75 bits per heavy atom. The van der Waals surface area contributed by atoms with Crippen LogP contribution in [0.4, 0.5) is 0 Å². The highest BCUT2D eigenvalue weighted by Gasteiger charge is 2.20. The number of aryl methyl sites for hydroxylation is 1. The maximum atomic E-state index is 12.3. The summed E-state index contributed by atoms with van der Waals surface area (Å²) in [7, 11) is 0. The third-order valence-electron chi connectivity index (χ3n) is 3.08. The largest absolute Gasteiger partial charge is 0.477 e. The zero-order chi connectivity index (χ0) is 17.9. The van der Waals surface area contributed by atoms with Gasteiger partial charge in [-0.25, -0.2) is 14.8 Å². The Morgan fingerprint density at radius 1 is 1.50 bits per heavy atom. The van der Waals surface area contributed by atoms with Crippen molar-refractivity contribution in [3.05, 3.63) is 38.4 Å². The number of carbonyl (C=O) groups excluding carboxylic acids is 1. The van der Waals surface area contributed by atoms with Gasteiger partial charge in [-0.05, 0) is 26.8 Å². The summed E-state index contributed by atoms with van der Waals surface area (Å²) in [4.78, 5) is 31.7. The van der Waals surface area contributed by atoms with Crippen LogP contribution >= 0.6 is 22.9 Å². The number of thiazole rings is 1. The monoisotopic (exact) mass is 369 g/mol. The van der Waals surface area contributed by atoms with Crippen molar-refractivity contribution in [3.8, 4) is 5.88 Å². The molecule has 2 aromatic heterocycles. The first kappa shape index (κ1) is 18.2. The summed E-state index contributed by atoms with van der Waals surface area (Å²) in [5.74, 6) is -1.15. The lowest BCUT2D eigenvalue weighted by Gasteiger charge is -2.12. The van der Waals surface area contributed by atoms with Gasteiger partial charge in [-0.1, -0.05) is 11.6 Å². The summed E-state index contributed by atoms with van der Waals surface area (Å²) >= 11 is 7.06. The van der Waals surface area contributed by atoms with E-state index in [-0.39, 0.29) is 27.3 Å². The molecule has 2 N–H and O–H groups in total. The second-order valence-electron chi connectivity index (χ2n) is 4.91. The lowest BCUT2D eigenvalue weighted by atomic mass is 10.2. The van der Waals surface area contributed by atoms with Crippen LogP contribution < -0.4 is 10.1 Å². The van der Waals surface area contributed by atoms with E-state index >= 15 is 0 Å². The predicted molar refractivity (Wildman–Crippen MR) is 90.1 cm³/mol. The van der Waals surface area contributed by atoms with Crippen LogP contribution in [0.3, 0.4) is 0 Å². The first-order chi connectivity index (χ1) is 11.3. The minimum Gasteiger partial charge on any atom is -0.477 e. The molecule has 0 radical (unpaired) electrons. The van der Waals surface area contributed by atoms with Gasteiger partial charge in [0, 0.05) is 6.20 Å². The third kappa shape index (κ3) is 4.01. The van der Waals surface area contributed by atoms with E-state index in [1.165, 1.54) is 12.3 Å². The summed E-state index contributed by atoms with van der Waals surface area (Å²) in [6, 6.07) is 1.02. The molecule has 24 heavy (non-hydrogen) atoms. The Labute approximate surface area is 147 Å². The lowest BCUT2D eigenvalue weighted by Crippen LogP contribution is -2.26. The highest BCUT2D eigenvalue weighted by atomic mass is 35.5. The number of rotatable bonds is 6. The number of halogens is 1. The molecule has 0 aromatic carbocycles. The maximum absolute atomic E-state index is 12.3. The fourth-order valence-electron chi connectivity index (χ4n) is 1.94. The SMILES string of the molecule is CCOc1ncc(C(=O)NC(C)c2nc(C)c(C(=O)O)s2)cc1Cl. The molecule has 1 atom stereocenters. The molecule has 0 aliphatic rings. The summed E-state index contributed by atoms with van der Waals surface area (Å²) in [5.41, 5.74) is 0.705. The van der Waals surface area contributed by atoms with E-state index in [0.29, 0.717) is 17.3 Å². The maximum Gasteiger partial charge on any atom is 0.347 e. The fourth-order valence-corrected chi connectivity index (χ4v) is 3.06. The summed E-state index contributed by atoms with van der Waals surface area (Å²) in [6.07, 6.45) is 1.37. The van der Waals surface area contributed by atoms with Gasteiger partial charge in [0.15, 0.2) is 0 Å². The number of amides is 1. The van der Waals surface area contributed by atoms with Crippen molar-refractivity contribution < 1.29 is 19.4 Å². The molecule has 2 heterocycles. The van der Waals surface area contributed by atoms with Crippen molar-refractivity contribution >= 4 is 34.8 Å². The molecule has 0 saturated heterocycles. The first-order valence-corrected chi connectivity index (χ1v) is 8.32. The van der Waals surface area contributed by atoms with E-state index in [2.05, 4.69) is 15.3 Å². The van der Waals surface area contributed by atoms with Crippen molar-refractivity contribution in [3.63, 3.8) is 0 Å². The number of ether oxygens (including phenoxy) is 1. The molecule has 1 amide bonds. The first-order valence-electron chi connectivity index (χ1n) is 7.13. The van der Waals surface area contributed by atoms with Gasteiger partial charge in [-0.3, -0.25) is 4.79 Å². The predicted octanol–water partition coefficient (Wildman–Crippen LogP) is 3.09. The highest BCUT2D eigenvalue weighted by molar-refractivity contribution is 7.13. The molecule has 0 aliphatic carbocycles. The minimum absolute atomic E-state index is 0.164. The molecule has 0 saturated carbocycles. The van der Waals surface area contributed by atoms with Crippen LogP contribution in [0.2, 0.25) is 5.02 Å².